The van der Waals surface area contributed by atoms with Crippen LogP contribution in [0.2, 0.25) is 0 Å². The van der Waals surface area contributed by atoms with E-state index in [0.29, 0.717) is 0 Å². The Kier molecular flexibility index (Phi) is 1.88. The van der Waals surface area contributed by atoms with Crippen LogP contribution in [-0.2, 0) is 0 Å². The molecule has 2 saturated carbocycles. The summed E-state index contributed by atoms with van der Waals surface area (Å²) in [6.45, 7) is 3.70. The number of nitrogens with one attached hydrogen (secondary N) is 2. The number of hydrogen-bond acceptors (Lipinski definition) is 2. The largest absolute Gasteiger partial charge is 0.314 e. The fraction of sp³-hybridized carbons (Fsp3) is 1.00. The van der Waals surface area contributed by atoms with E-state index in [1.165, 1.54) is 51.7 Å². The van der Waals surface area contributed by atoms with Crippen molar-refractivity contribution in [3.8, 4) is 0 Å². The third-order valence-corrected chi connectivity index (χ3v) is 4.36. The van der Waals surface area contributed by atoms with Crippen molar-refractivity contribution in [1.82, 2.24) is 10.6 Å². The molecule has 2 nitrogen and oxygen atoms in total. The minimum absolute atomic E-state index is 0.772. The molecule has 1 heterocycles. The van der Waals surface area contributed by atoms with Crippen molar-refractivity contribution < 1.29 is 0 Å². The van der Waals surface area contributed by atoms with E-state index in [4.69, 9.17) is 0 Å². The lowest BCUT2D eigenvalue weighted by Crippen LogP contribution is -2.56. The molecule has 0 aromatic carbocycles. The van der Waals surface area contributed by atoms with Crippen LogP contribution in [0.5, 0.6) is 0 Å². The first kappa shape index (κ1) is 8.25. The van der Waals surface area contributed by atoms with Crippen LogP contribution in [0.25, 0.3) is 0 Å². The second-order valence-corrected chi connectivity index (χ2v) is 5.25. The van der Waals surface area contributed by atoms with Crippen LogP contribution in [-0.4, -0.2) is 25.7 Å². The van der Waals surface area contributed by atoms with Gasteiger partial charge in [-0.25, -0.2) is 0 Å². The topological polar surface area (TPSA) is 24.1 Å². The lowest BCUT2D eigenvalue weighted by molar-refractivity contribution is 0.279. The quantitative estimate of drug-likeness (QED) is 0.680. The molecule has 2 unspecified atom stereocenters. The number of hydrogen-bond donors (Lipinski definition) is 2. The molecule has 13 heavy (non-hydrogen) atoms. The van der Waals surface area contributed by atoms with Crippen LogP contribution in [0.1, 0.15) is 32.1 Å². The molecule has 0 radical (unpaired) electrons. The van der Waals surface area contributed by atoms with Gasteiger partial charge in [0.05, 0.1) is 0 Å². The zero-order valence-corrected chi connectivity index (χ0v) is 8.31. The van der Waals surface area contributed by atoms with Crippen LogP contribution in [0, 0.1) is 11.3 Å². The van der Waals surface area contributed by atoms with Gasteiger partial charge < -0.3 is 10.6 Å². The first-order chi connectivity index (χ1) is 6.39. The van der Waals surface area contributed by atoms with Crippen molar-refractivity contribution in [1.29, 1.82) is 0 Å². The molecule has 74 valence electrons. The highest BCUT2D eigenvalue weighted by Gasteiger charge is 2.54. The average molecular weight is 180 g/mol. The van der Waals surface area contributed by atoms with Gasteiger partial charge in [-0.1, -0.05) is 12.8 Å². The Bertz CT molecular complexity index is 200. The molecule has 2 aliphatic carbocycles. The van der Waals surface area contributed by atoms with E-state index in [1.54, 1.807) is 0 Å². The summed E-state index contributed by atoms with van der Waals surface area (Å²) in [7, 11) is 0. The van der Waals surface area contributed by atoms with Crippen LogP contribution in [0.15, 0.2) is 0 Å². The number of rotatable bonds is 3. The molecule has 3 aliphatic rings. The Hall–Kier alpha value is -0.0800. The summed E-state index contributed by atoms with van der Waals surface area (Å²) in [5.74, 6) is 1.10. The number of fused-ring (bicyclic) bond motifs is 1. The van der Waals surface area contributed by atoms with E-state index in [2.05, 4.69) is 10.6 Å². The normalized spacial score (nSPS) is 43.8. The molecule has 0 amide bonds. The molecule has 3 rings (SSSR count). The Labute approximate surface area is 80.5 Å². The second kappa shape index (κ2) is 2.96. The van der Waals surface area contributed by atoms with Gasteiger partial charge in [0.25, 0.3) is 0 Å². The summed E-state index contributed by atoms with van der Waals surface area (Å²) >= 11 is 0. The third-order valence-electron chi connectivity index (χ3n) is 4.36. The van der Waals surface area contributed by atoms with Crippen LogP contribution in [0.3, 0.4) is 0 Å². The molecule has 2 N–H and O–H groups in total. The summed E-state index contributed by atoms with van der Waals surface area (Å²) in [5, 5.41) is 7.02. The van der Waals surface area contributed by atoms with Crippen molar-refractivity contribution in [2.24, 2.45) is 11.3 Å². The fourth-order valence-electron chi connectivity index (χ4n) is 3.10. The average Bonchev–Trinajstić information content (AvgIpc) is 2.76. The zero-order chi connectivity index (χ0) is 8.73. The van der Waals surface area contributed by atoms with Crippen molar-refractivity contribution in [3.05, 3.63) is 0 Å². The van der Waals surface area contributed by atoms with E-state index >= 15 is 0 Å². The van der Waals surface area contributed by atoms with Crippen molar-refractivity contribution in [2.75, 3.05) is 19.6 Å². The van der Waals surface area contributed by atoms with Crippen molar-refractivity contribution in [2.45, 2.75) is 38.1 Å². The lowest BCUT2D eigenvalue weighted by atomic mass is 9.88. The van der Waals surface area contributed by atoms with Gasteiger partial charge >= 0.3 is 0 Å². The van der Waals surface area contributed by atoms with Gasteiger partial charge in [-0.2, -0.15) is 0 Å². The molecular formula is C11H20N2. The Morgan fingerprint density at radius 1 is 1.31 bits per heavy atom. The van der Waals surface area contributed by atoms with Crippen LogP contribution in [0.4, 0.5) is 0 Å². The van der Waals surface area contributed by atoms with Crippen LogP contribution < -0.4 is 10.6 Å². The summed E-state index contributed by atoms with van der Waals surface area (Å²) in [6, 6.07) is 0.789. The minimum atomic E-state index is 0.772. The van der Waals surface area contributed by atoms with Gasteiger partial charge in [0.1, 0.15) is 0 Å². The maximum atomic E-state index is 3.71. The Morgan fingerprint density at radius 3 is 2.92 bits per heavy atom. The monoisotopic (exact) mass is 180 g/mol. The SMILES string of the molecule is C1CCC2(CNC3CNC3)CC2C1. The van der Waals surface area contributed by atoms with Gasteiger partial charge in [0.15, 0.2) is 0 Å². The van der Waals surface area contributed by atoms with E-state index in [9.17, 15) is 0 Å². The molecule has 0 spiro atoms. The summed E-state index contributed by atoms with van der Waals surface area (Å²) in [6.07, 6.45) is 7.54. The van der Waals surface area contributed by atoms with E-state index in [1.807, 2.05) is 0 Å². The lowest BCUT2D eigenvalue weighted by Gasteiger charge is -2.31. The predicted molar refractivity (Wildman–Crippen MR) is 53.7 cm³/mol. The molecule has 0 aromatic heterocycles. The molecule has 0 bridgehead atoms. The van der Waals surface area contributed by atoms with Crippen molar-refractivity contribution in [3.63, 3.8) is 0 Å². The molecule has 2 heteroatoms. The van der Waals surface area contributed by atoms with Gasteiger partial charge in [0, 0.05) is 25.7 Å². The highest BCUT2D eigenvalue weighted by atomic mass is 15.1. The maximum absolute atomic E-state index is 3.71. The van der Waals surface area contributed by atoms with Gasteiger partial charge in [-0.15, -0.1) is 0 Å². The second-order valence-electron chi connectivity index (χ2n) is 5.25. The Balaban J connectivity index is 1.49. The maximum Gasteiger partial charge on any atom is 0.0317 e. The summed E-state index contributed by atoms with van der Waals surface area (Å²) in [4.78, 5) is 0. The molecule has 1 saturated heterocycles. The molecule has 1 aliphatic heterocycles. The molecule has 0 aromatic rings. The highest BCUT2D eigenvalue weighted by molar-refractivity contribution is 5.06. The minimum Gasteiger partial charge on any atom is -0.314 e. The molecule has 3 fully saturated rings. The van der Waals surface area contributed by atoms with Gasteiger partial charge in [0.2, 0.25) is 0 Å². The van der Waals surface area contributed by atoms with E-state index in [0.717, 1.165) is 17.4 Å². The zero-order valence-electron chi connectivity index (χ0n) is 8.31. The Morgan fingerprint density at radius 2 is 2.23 bits per heavy atom. The van der Waals surface area contributed by atoms with Gasteiger partial charge in [-0.3, -0.25) is 0 Å². The molecular weight excluding hydrogens is 160 g/mol. The van der Waals surface area contributed by atoms with Crippen molar-refractivity contribution >= 4 is 0 Å². The fourth-order valence-corrected chi connectivity index (χ4v) is 3.10. The summed E-state index contributed by atoms with van der Waals surface area (Å²) < 4.78 is 0. The predicted octanol–water partition coefficient (Wildman–Crippen LogP) is 1.13. The standard InChI is InChI=1S/C11H20N2/c1-2-4-11(5-9(11)3-1)8-13-10-6-12-7-10/h9-10,12-13H,1-8H2. The van der Waals surface area contributed by atoms with E-state index in [-0.39, 0.29) is 0 Å². The first-order valence-corrected chi connectivity index (χ1v) is 5.83. The third kappa shape index (κ3) is 1.40. The summed E-state index contributed by atoms with van der Waals surface area (Å²) in [5.41, 5.74) is 0.772. The van der Waals surface area contributed by atoms with E-state index < -0.39 is 0 Å². The van der Waals surface area contributed by atoms with Gasteiger partial charge in [-0.05, 0) is 30.6 Å². The van der Waals surface area contributed by atoms with Crippen LogP contribution >= 0.6 is 0 Å². The highest BCUT2D eigenvalue weighted by Crippen LogP contribution is 2.60. The molecule has 2 atom stereocenters. The first-order valence-electron chi connectivity index (χ1n) is 5.83. The smallest absolute Gasteiger partial charge is 0.0317 e.